The molecule has 0 aromatic heterocycles. The van der Waals surface area contributed by atoms with Gasteiger partial charge in [0.1, 0.15) is 6.04 Å². The van der Waals surface area contributed by atoms with Crippen LogP contribution in [0, 0.1) is 37.7 Å². The van der Waals surface area contributed by atoms with Crippen molar-refractivity contribution in [3.8, 4) is 0 Å². The van der Waals surface area contributed by atoms with Crippen LogP contribution in [0.25, 0.3) is 0 Å². The molecule has 5 heteroatoms. The van der Waals surface area contributed by atoms with Crippen molar-refractivity contribution in [3.63, 3.8) is 0 Å². The van der Waals surface area contributed by atoms with E-state index >= 15 is 0 Å². The molecule has 2 rings (SSSR count). The van der Waals surface area contributed by atoms with Crippen LogP contribution in [0.5, 0.6) is 0 Å². The van der Waals surface area contributed by atoms with Crippen LogP contribution < -0.4 is 0 Å². The van der Waals surface area contributed by atoms with Gasteiger partial charge in [-0.25, -0.2) is 0 Å². The zero-order chi connectivity index (χ0) is 11.7. The van der Waals surface area contributed by atoms with E-state index in [-0.39, 0.29) is 49.8 Å². The topological polar surface area (TPSA) is 40.5 Å². The second-order valence-electron chi connectivity index (χ2n) is 4.13. The van der Waals surface area contributed by atoms with E-state index in [4.69, 9.17) is 16.7 Å². The second kappa shape index (κ2) is 6.39. The average Bonchev–Trinajstić information content (AvgIpc) is 2.61. The molecule has 0 unspecified atom stereocenters. The van der Waals surface area contributed by atoms with Crippen LogP contribution in [0.1, 0.15) is 24.4 Å². The first-order chi connectivity index (χ1) is 7.61. The molecule has 0 saturated carbocycles. The van der Waals surface area contributed by atoms with Gasteiger partial charge in [-0.1, -0.05) is 29.8 Å². The predicted molar refractivity (Wildman–Crippen MR) is 62.6 cm³/mol. The van der Waals surface area contributed by atoms with Gasteiger partial charge in [0.05, 0.1) is 0 Å². The summed E-state index contributed by atoms with van der Waals surface area (Å²) < 4.78 is 0. The van der Waals surface area contributed by atoms with E-state index in [9.17, 15) is 4.79 Å². The van der Waals surface area contributed by atoms with E-state index in [0.717, 1.165) is 12.0 Å². The molecule has 17 heavy (non-hydrogen) atoms. The first-order valence-electron chi connectivity index (χ1n) is 5.30. The molecule has 0 bridgehead atoms. The molecule has 0 radical (unpaired) electrons. The summed E-state index contributed by atoms with van der Waals surface area (Å²) in [7, 11) is 1.85. The Hall–Kier alpha value is 0.200. The first kappa shape index (κ1) is 15.3. The number of likely N-dealkylation sites (N-methyl/N-ethyl adjacent to an activating group) is 1. The summed E-state index contributed by atoms with van der Waals surface area (Å²) in [5.74, 6) is -0.753. The Bertz CT molecular complexity index is 413. The number of nitrogens with zero attached hydrogens (tertiary/aromatic N) is 1. The van der Waals surface area contributed by atoms with E-state index in [1.807, 2.05) is 36.2 Å². The van der Waals surface area contributed by atoms with Crippen LogP contribution in [0.3, 0.4) is 0 Å². The third kappa shape index (κ3) is 3.15. The molecule has 1 aliphatic heterocycles. The molecular weight excluding hydrogens is 266 g/mol. The quantitative estimate of drug-likeness (QED) is 0.904. The summed E-state index contributed by atoms with van der Waals surface area (Å²) >= 11 is 6.12. The fraction of sp³-hybridized carbons (Fsp3) is 0.417. The molecule has 1 heterocycles. The molecule has 94 valence electrons. The third-order valence-corrected chi connectivity index (χ3v) is 3.59. The summed E-state index contributed by atoms with van der Waals surface area (Å²) in [6, 6.07) is 7.36. The molecule has 1 aromatic carbocycles. The summed E-state index contributed by atoms with van der Waals surface area (Å²) in [5.41, 5.74) is 1.02. The van der Waals surface area contributed by atoms with Crippen LogP contribution in [-0.2, 0) is 4.79 Å². The van der Waals surface area contributed by atoms with Crippen molar-refractivity contribution in [1.82, 2.24) is 4.90 Å². The molecule has 2 atom stereocenters. The number of carboxylic acids is 1. The van der Waals surface area contributed by atoms with Gasteiger partial charge in [-0.2, -0.15) is 0 Å². The molecular formula is C12H14ArClNO2. The number of carboxylic acid groups (broad SMARTS) is 1. The second-order valence-corrected chi connectivity index (χ2v) is 4.54. The molecule has 1 fully saturated rings. The summed E-state index contributed by atoms with van der Waals surface area (Å²) in [5, 5.41) is 9.76. The van der Waals surface area contributed by atoms with Gasteiger partial charge in [-0.05, 0) is 31.5 Å². The minimum absolute atomic E-state index is 0. The fourth-order valence-corrected chi connectivity index (χ4v) is 2.62. The van der Waals surface area contributed by atoms with Gasteiger partial charge in [-0.3, -0.25) is 9.69 Å². The minimum Gasteiger partial charge on any atom is -0.480 e. The normalized spacial score (nSPS) is 24.4. The Kier molecular flexibility index (Phi) is 5.74. The van der Waals surface area contributed by atoms with Crippen molar-refractivity contribution in [2.75, 3.05) is 7.05 Å². The standard InChI is InChI=1S/C12H14ClNO2.Ar/c1-14-10(6-7-11(14)12(15)16)8-4-2-3-5-9(8)13;/h2-5,10-11H,6-7H2,1H3,(H,15,16);/t10-,11+;/m1./s1. The zero-order valence-electron chi connectivity index (χ0n) is 9.41. The van der Waals surface area contributed by atoms with Crippen molar-refractivity contribution < 1.29 is 47.6 Å². The Morgan fingerprint density at radius 3 is 2.59 bits per heavy atom. The zero-order valence-corrected chi connectivity index (χ0v) is 10.9. The average molecular weight is 280 g/mol. The van der Waals surface area contributed by atoms with E-state index in [1.54, 1.807) is 0 Å². The Labute approximate surface area is 136 Å². The summed E-state index contributed by atoms with van der Waals surface area (Å²) in [4.78, 5) is 12.9. The largest absolute Gasteiger partial charge is 0.480 e. The summed E-state index contributed by atoms with van der Waals surface area (Å²) in [6.45, 7) is 0. The number of hydrogen-bond donors (Lipinski definition) is 1. The summed E-state index contributed by atoms with van der Waals surface area (Å²) in [6.07, 6.45) is 1.53. The van der Waals surface area contributed by atoms with Crippen molar-refractivity contribution in [2.45, 2.75) is 24.9 Å². The molecule has 0 amide bonds. The van der Waals surface area contributed by atoms with E-state index in [2.05, 4.69) is 0 Å². The van der Waals surface area contributed by atoms with Gasteiger partial charge in [0.2, 0.25) is 0 Å². The number of benzene rings is 1. The Morgan fingerprint density at radius 2 is 2.06 bits per heavy atom. The van der Waals surface area contributed by atoms with Gasteiger partial charge < -0.3 is 5.11 Å². The first-order valence-corrected chi connectivity index (χ1v) is 5.68. The Balaban J connectivity index is 0.00000144. The minimum atomic E-state index is -0.753. The van der Waals surface area contributed by atoms with Crippen molar-refractivity contribution >= 4 is 17.6 Å². The predicted octanol–water partition coefficient (Wildman–Crippen LogP) is 2.56. The van der Waals surface area contributed by atoms with Crippen molar-refractivity contribution in [1.29, 1.82) is 0 Å². The van der Waals surface area contributed by atoms with Crippen LogP contribution >= 0.6 is 11.6 Å². The van der Waals surface area contributed by atoms with Crippen molar-refractivity contribution in [2.24, 2.45) is 0 Å². The van der Waals surface area contributed by atoms with Crippen LogP contribution in [0.15, 0.2) is 24.3 Å². The molecule has 0 aliphatic carbocycles. The fourth-order valence-electron chi connectivity index (χ4n) is 2.36. The maximum absolute atomic E-state index is 11.0. The van der Waals surface area contributed by atoms with Gasteiger partial charge in [0.25, 0.3) is 0 Å². The maximum Gasteiger partial charge on any atom is 0.320 e. The molecule has 3 nitrogen and oxygen atoms in total. The van der Waals surface area contributed by atoms with Crippen LogP contribution in [0.4, 0.5) is 0 Å². The number of rotatable bonds is 2. The van der Waals surface area contributed by atoms with Gasteiger partial charge in [0.15, 0.2) is 0 Å². The molecule has 1 N–H and O–H groups in total. The van der Waals surface area contributed by atoms with Gasteiger partial charge in [0, 0.05) is 48.8 Å². The van der Waals surface area contributed by atoms with Gasteiger partial charge in [-0.15, -0.1) is 0 Å². The van der Waals surface area contributed by atoms with Crippen molar-refractivity contribution in [3.05, 3.63) is 34.9 Å². The molecule has 1 aromatic rings. The van der Waals surface area contributed by atoms with E-state index < -0.39 is 5.97 Å². The number of aliphatic carboxylic acids is 1. The number of carbonyl (C=O) groups is 1. The molecule has 1 aliphatic rings. The molecule has 1 saturated heterocycles. The number of likely N-dealkylation sites (tertiary alicyclic amines) is 1. The number of halogens is 1. The molecule has 0 spiro atoms. The van der Waals surface area contributed by atoms with E-state index in [1.165, 1.54) is 0 Å². The number of hydrogen-bond acceptors (Lipinski definition) is 2. The SMILES string of the molecule is CN1[C@@H](c2ccccc2Cl)CC[C@H]1C(=O)O.[Ar]. The smallest absolute Gasteiger partial charge is 0.320 e. The third-order valence-electron chi connectivity index (χ3n) is 3.25. The maximum atomic E-state index is 11.0. The van der Waals surface area contributed by atoms with Crippen LogP contribution in [0.2, 0.25) is 5.02 Å². The Morgan fingerprint density at radius 1 is 1.41 bits per heavy atom. The van der Waals surface area contributed by atoms with Gasteiger partial charge >= 0.3 is 5.97 Å². The van der Waals surface area contributed by atoms with Crippen LogP contribution in [-0.4, -0.2) is 29.1 Å². The van der Waals surface area contributed by atoms with E-state index in [0.29, 0.717) is 11.4 Å². The monoisotopic (exact) mass is 279 g/mol.